The molecule has 1 aromatic carbocycles. The molecule has 0 radical (unpaired) electrons. The van der Waals surface area contributed by atoms with E-state index in [0.717, 1.165) is 5.56 Å². The Morgan fingerprint density at radius 3 is 2.53 bits per heavy atom. The summed E-state index contributed by atoms with van der Waals surface area (Å²) in [6, 6.07) is 3.06. The third-order valence-corrected chi connectivity index (χ3v) is 2.81. The van der Waals surface area contributed by atoms with Crippen LogP contribution in [-0.4, -0.2) is 25.5 Å². The maximum atomic E-state index is 13.4. The lowest BCUT2D eigenvalue weighted by atomic mass is 10.0. The van der Waals surface area contributed by atoms with Gasteiger partial charge < -0.3 is 10.6 Å². The largest absolute Gasteiger partial charge is 0.329 e. The second-order valence-electron chi connectivity index (χ2n) is 3.84. The predicted octanol–water partition coefficient (Wildman–Crippen LogP) is 2.35. The molecular formula is C11H16ClFN2. The molecule has 0 amide bonds. The SMILES string of the molecule is Cc1cc(Cl)c(C(CN)N(C)C)cc1F. The summed E-state index contributed by atoms with van der Waals surface area (Å²) in [7, 11) is 3.79. The number of rotatable bonds is 3. The lowest BCUT2D eigenvalue weighted by Gasteiger charge is -2.24. The molecule has 0 bridgehead atoms. The van der Waals surface area contributed by atoms with Crippen LogP contribution < -0.4 is 5.73 Å². The molecule has 0 aliphatic rings. The van der Waals surface area contributed by atoms with Crippen molar-refractivity contribution in [3.8, 4) is 0 Å². The molecule has 0 saturated heterocycles. The number of likely N-dealkylation sites (N-methyl/N-ethyl adjacent to an activating group) is 1. The Labute approximate surface area is 94.8 Å². The molecule has 1 aromatic rings. The summed E-state index contributed by atoms with van der Waals surface area (Å²) in [5.74, 6) is -0.241. The van der Waals surface area contributed by atoms with E-state index < -0.39 is 0 Å². The van der Waals surface area contributed by atoms with Crippen LogP contribution in [-0.2, 0) is 0 Å². The van der Waals surface area contributed by atoms with Crippen molar-refractivity contribution in [3.63, 3.8) is 0 Å². The van der Waals surface area contributed by atoms with Gasteiger partial charge in [0.25, 0.3) is 0 Å². The first-order valence-corrected chi connectivity index (χ1v) is 5.17. The van der Waals surface area contributed by atoms with Gasteiger partial charge in [-0.25, -0.2) is 4.39 Å². The van der Waals surface area contributed by atoms with Crippen LogP contribution in [0.3, 0.4) is 0 Å². The fourth-order valence-electron chi connectivity index (χ4n) is 1.53. The third-order valence-electron chi connectivity index (χ3n) is 2.48. The molecule has 15 heavy (non-hydrogen) atoms. The molecule has 0 heterocycles. The van der Waals surface area contributed by atoms with Crippen molar-refractivity contribution in [1.29, 1.82) is 0 Å². The van der Waals surface area contributed by atoms with Gasteiger partial charge >= 0.3 is 0 Å². The highest BCUT2D eigenvalue weighted by molar-refractivity contribution is 6.31. The van der Waals surface area contributed by atoms with E-state index in [1.54, 1.807) is 13.0 Å². The van der Waals surface area contributed by atoms with Crippen LogP contribution in [0.25, 0.3) is 0 Å². The lowest BCUT2D eigenvalue weighted by Crippen LogP contribution is -2.27. The smallest absolute Gasteiger partial charge is 0.126 e. The minimum absolute atomic E-state index is 0.0485. The highest BCUT2D eigenvalue weighted by Crippen LogP contribution is 2.27. The van der Waals surface area contributed by atoms with Gasteiger partial charge in [-0.15, -0.1) is 0 Å². The van der Waals surface area contributed by atoms with Crippen LogP contribution >= 0.6 is 11.6 Å². The highest BCUT2D eigenvalue weighted by atomic mass is 35.5. The first kappa shape index (κ1) is 12.4. The number of aryl methyl sites for hydroxylation is 1. The van der Waals surface area contributed by atoms with Crippen molar-refractivity contribution in [2.75, 3.05) is 20.6 Å². The van der Waals surface area contributed by atoms with Crippen molar-refractivity contribution in [1.82, 2.24) is 4.90 Å². The van der Waals surface area contributed by atoms with Crippen LogP contribution in [0, 0.1) is 12.7 Å². The molecule has 0 spiro atoms. The summed E-state index contributed by atoms with van der Waals surface area (Å²) < 4.78 is 13.4. The van der Waals surface area contributed by atoms with Crippen LogP contribution in [0.4, 0.5) is 4.39 Å². The first-order chi connectivity index (χ1) is 6.97. The van der Waals surface area contributed by atoms with E-state index in [0.29, 0.717) is 17.1 Å². The summed E-state index contributed by atoms with van der Waals surface area (Å²) in [6.07, 6.45) is 0. The van der Waals surface area contributed by atoms with E-state index in [-0.39, 0.29) is 11.9 Å². The average molecular weight is 231 g/mol. The molecular weight excluding hydrogens is 215 g/mol. The van der Waals surface area contributed by atoms with Crippen molar-refractivity contribution in [2.24, 2.45) is 5.73 Å². The zero-order valence-electron chi connectivity index (χ0n) is 9.22. The molecule has 1 rings (SSSR count). The zero-order valence-corrected chi connectivity index (χ0v) is 9.98. The van der Waals surface area contributed by atoms with Crippen LogP contribution in [0.1, 0.15) is 17.2 Å². The van der Waals surface area contributed by atoms with E-state index in [2.05, 4.69) is 0 Å². The van der Waals surface area contributed by atoms with Gasteiger partial charge in [-0.3, -0.25) is 0 Å². The molecule has 0 saturated carbocycles. The van der Waals surface area contributed by atoms with Gasteiger partial charge in [-0.05, 0) is 44.3 Å². The van der Waals surface area contributed by atoms with Crippen molar-refractivity contribution in [2.45, 2.75) is 13.0 Å². The molecule has 0 fully saturated rings. The third kappa shape index (κ3) is 2.68. The van der Waals surface area contributed by atoms with Crippen molar-refractivity contribution >= 4 is 11.6 Å². The molecule has 0 aromatic heterocycles. The zero-order chi connectivity index (χ0) is 11.6. The minimum atomic E-state index is -0.241. The maximum absolute atomic E-state index is 13.4. The summed E-state index contributed by atoms with van der Waals surface area (Å²) in [5.41, 5.74) is 6.94. The molecule has 4 heteroatoms. The Kier molecular flexibility index (Phi) is 4.08. The minimum Gasteiger partial charge on any atom is -0.329 e. The molecule has 1 atom stereocenters. The Hall–Kier alpha value is -0.640. The lowest BCUT2D eigenvalue weighted by molar-refractivity contribution is 0.305. The molecule has 2 N–H and O–H groups in total. The van der Waals surface area contributed by atoms with E-state index >= 15 is 0 Å². The molecule has 0 aliphatic heterocycles. The van der Waals surface area contributed by atoms with Crippen molar-refractivity contribution in [3.05, 3.63) is 34.1 Å². The normalized spacial score (nSPS) is 13.3. The summed E-state index contributed by atoms with van der Waals surface area (Å²) >= 11 is 6.07. The van der Waals surface area contributed by atoms with Gasteiger partial charge in [-0.1, -0.05) is 11.6 Å². The van der Waals surface area contributed by atoms with Gasteiger partial charge in [0.15, 0.2) is 0 Å². The number of hydrogen-bond acceptors (Lipinski definition) is 2. The van der Waals surface area contributed by atoms with Gasteiger partial charge in [0.2, 0.25) is 0 Å². The van der Waals surface area contributed by atoms with Crippen molar-refractivity contribution < 1.29 is 4.39 Å². The summed E-state index contributed by atoms with van der Waals surface area (Å²) in [6.45, 7) is 2.10. The van der Waals surface area contributed by atoms with Crippen LogP contribution in [0.5, 0.6) is 0 Å². The van der Waals surface area contributed by atoms with E-state index in [4.69, 9.17) is 17.3 Å². The maximum Gasteiger partial charge on any atom is 0.126 e. The van der Waals surface area contributed by atoms with Crippen LogP contribution in [0.2, 0.25) is 5.02 Å². The second kappa shape index (κ2) is 4.92. The van der Waals surface area contributed by atoms with Gasteiger partial charge in [-0.2, -0.15) is 0 Å². The topological polar surface area (TPSA) is 29.3 Å². The number of halogens is 2. The second-order valence-corrected chi connectivity index (χ2v) is 4.25. The number of hydrogen-bond donors (Lipinski definition) is 1. The summed E-state index contributed by atoms with van der Waals surface area (Å²) in [5, 5.41) is 0.568. The van der Waals surface area contributed by atoms with E-state index in [9.17, 15) is 4.39 Å². The molecule has 0 aliphatic carbocycles. The summed E-state index contributed by atoms with van der Waals surface area (Å²) in [4.78, 5) is 1.93. The number of benzene rings is 1. The number of nitrogens with zero attached hydrogens (tertiary/aromatic N) is 1. The Morgan fingerprint density at radius 1 is 1.47 bits per heavy atom. The molecule has 84 valence electrons. The first-order valence-electron chi connectivity index (χ1n) is 4.79. The van der Waals surface area contributed by atoms with Gasteiger partial charge in [0.1, 0.15) is 5.82 Å². The highest BCUT2D eigenvalue weighted by Gasteiger charge is 2.17. The Balaban J connectivity index is 3.18. The fourth-order valence-corrected chi connectivity index (χ4v) is 1.88. The molecule has 1 unspecified atom stereocenters. The quantitative estimate of drug-likeness (QED) is 0.864. The fraction of sp³-hybridized carbons (Fsp3) is 0.455. The van der Waals surface area contributed by atoms with E-state index in [1.165, 1.54) is 6.07 Å². The van der Waals surface area contributed by atoms with Gasteiger partial charge in [0.05, 0.1) is 0 Å². The average Bonchev–Trinajstić information content (AvgIpc) is 2.14. The predicted molar refractivity (Wildman–Crippen MR) is 61.6 cm³/mol. The van der Waals surface area contributed by atoms with Crippen LogP contribution in [0.15, 0.2) is 12.1 Å². The standard InChI is InChI=1S/C11H16ClFN2/c1-7-4-9(12)8(5-10(7)13)11(6-14)15(2)3/h4-5,11H,6,14H2,1-3H3. The monoisotopic (exact) mass is 230 g/mol. The number of nitrogens with two attached hydrogens (primary N) is 1. The van der Waals surface area contributed by atoms with E-state index in [1.807, 2.05) is 19.0 Å². The molecule has 2 nitrogen and oxygen atoms in total. The Bertz CT molecular complexity index is 353. The van der Waals surface area contributed by atoms with Gasteiger partial charge in [0, 0.05) is 17.6 Å². The Morgan fingerprint density at radius 2 is 2.07 bits per heavy atom.